The fraction of sp³-hybridized carbons (Fsp3) is 0.364. The van der Waals surface area contributed by atoms with Crippen molar-refractivity contribution in [3.63, 3.8) is 0 Å². The minimum absolute atomic E-state index is 0.0197. The number of amides is 1. The van der Waals surface area contributed by atoms with Crippen molar-refractivity contribution in [2.24, 2.45) is 0 Å². The molecule has 0 heterocycles. The molecule has 0 spiro atoms. The van der Waals surface area contributed by atoms with Gasteiger partial charge in [0.1, 0.15) is 5.82 Å². The predicted molar refractivity (Wildman–Crippen MR) is 66.2 cm³/mol. The van der Waals surface area contributed by atoms with E-state index >= 15 is 0 Å². The number of hydrogen-bond donors (Lipinski definition) is 1. The van der Waals surface area contributed by atoms with Crippen LogP contribution in [0.3, 0.4) is 0 Å². The molecule has 0 radical (unpaired) electrons. The van der Waals surface area contributed by atoms with Gasteiger partial charge in [-0.05, 0) is 18.2 Å². The number of nitrogen functional groups attached to an aromatic ring is 1. The van der Waals surface area contributed by atoms with Gasteiger partial charge in [-0.3, -0.25) is 4.79 Å². The average molecular weight is 274 g/mol. The van der Waals surface area contributed by atoms with Crippen LogP contribution in [0.25, 0.3) is 0 Å². The van der Waals surface area contributed by atoms with Gasteiger partial charge in [-0.2, -0.15) is 0 Å². The third-order valence-electron chi connectivity index (χ3n) is 2.39. The summed E-state index contributed by atoms with van der Waals surface area (Å²) >= 11 is 0. The number of halogens is 1. The number of sulfone groups is 1. The second kappa shape index (κ2) is 5.34. The van der Waals surface area contributed by atoms with Gasteiger partial charge in [0, 0.05) is 20.5 Å². The minimum Gasteiger partial charge on any atom is -0.398 e. The van der Waals surface area contributed by atoms with E-state index in [0.717, 1.165) is 12.1 Å². The molecule has 0 saturated carbocycles. The van der Waals surface area contributed by atoms with Crippen LogP contribution < -0.4 is 5.73 Å². The van der Waals surface area contributed by atoms with E-state index in [1.165, 1.54) is 25.1 Å². The van der Waals surface area contributed by atoms with E-state index in [1.807, 2.05) is 0 Å². The lowest BCUT2D eigenvalue weighted by Crippen LogP contribution is -2.24. The Bertz CT molecular complexity index is 555. The van der Waals surface area contributed by atoms with Gasteiger partial charge >= 0.3 is 0 Å². The van der Waals surface area contributed by atoms with Crippen LogP contribution in [-0.2, 0) is 14.6 Å². The summed E-state index contributed by atoms with van der Waals surface area (Å²) in [5.41, 5.74) is 5.48. The van der Waals surface area contributed by atoms with Crippen LogP contribution in [0, 0.1) is 5.82 Å². The van der Waals surface area contributed by atoms with Gasteiger partial charge in [-0.1, -0.05) is 0 Å². The van der Waals surface area contributed by atoms with Gasteiger partial charge in [-0.15, -0.1) is 0 Å². The zero-order chi connectivity index (χ0) is 13.9. The smallest absolute Gasteiger partial charge is 0.223 e. The summed E-state index contributed by atoms with van der Waals surface area (Å²) in [5, 5.41) is 0. The standard InChI is InChI=1S/C11H15FN2O3S/c1-14(2)11(15)5-6-18(16,17)10-7-8(12)3-4-9(10)13/h3-4,7H,5-6,13H2,1-2H3. The summed E-state index contributed by atoms with van der Waals surface area (Å²) in [4.78, 5) is 12.4. The van der Waals surface area contributed by atoms with Crippen molar-refractivity contribution in [2.75, 3.05) is 25.6 Å². The van der Waals surface area contributed by atoms with E-state index in [1.54, 1.807) is 0 Å². The molecule has 0 saturated heterocycles. The largest absolute Gasteiger partial charge is 0.398 e. The van der Waals surface area contributed by atoms with Gasteiger partial charge in [0.15, 0.2) is 9.84 Å². The number of benzene rings is 1. The van der Waals surface area contributed by atoms with Crippen molar-refractivity contribution >= 4 is 21.4 Å². The molecule has 0 fully saturated rings. The van der Waals surface area contributed by atoms with Crippen molar-refractivity contribution < 1.29 is 17.6 Å². The maximum atomic E-state index is 13.0. The first-order valence-electron chi connectivity index (χ1n) is 5.22. The monoisotopic (exact) mass is 274 g/mol. The van der Waals surface area contributed by atoms with E-state index < -0.39 is 21.4 Å². The first-order valence-corrected chi connectivity index (χ1v) is 6.87. The summed E-state index contributed by atoms with van der Waals surface area (Å²) in [6, 6.07) is 3.14. The Morgan fingerprint density at radius 2 is 2.00 bits per heavy atom. The fourth-order valence-electron chi connectivity index (χ4n) is 1.33. The fourth-order valence-corrected chi connectivity index (χ4v) is 2.72. The Hall–Kier alpha value is -1.63. The second-order valence-corrected chi connectivity index (χ2v) is 6.12. The summed E-state index contributed by atoms with van der Waals surface area (Å²) < 4.78 is 36.8. The average Bonchev–Trinajstić information content (AvgIpc) is 2.29. The number of nitrogens with two attached hydrogens (primary N) is 1. The lowest BCUT2D eigenvalue weighted by atomic mass is 10.3. The molecule has 0 aliphatic heterocycles. The maximum absolute atomic E-state index is 13.0. The molecule has 5 nitrogen and oxygen atoms in total. The number of nitrogens with zero attached hydrogens (tertiary/aromatic N) is 1. The first kappa shape index (κ1) is 14.4. The topological polar surface area (TPSA) is 80.5 Å². The molecule has 0 aliphatic rings. The molecule has 1 rings (SSSR count). The van der Waals surface area contributed by atoms with Crippen molar-refractivity contribution in [3.8, 4) is 0 Å². The van der Waals surface area contributed by atoms with Gasteiger partial charge in [0.2, 0.25) is 5.91 Å². The van der Waals surface area contributed by atoms with Crippen LogP contribution in [-0.4, -0.2) is 39.1 Å². The molecular formula is C11H15FN2O3S. The van der Waals surface area contributed by atoms with E-state index in [0.29, 0.717) is 0 Å². The van der Waals surface area contributed by atoms with Crippen molar-refractivity contribution in [1.82, 2.24) is 4.90 Å². The Morgan fingerprint density at radius 1 is 1.39 bits per heavy atom. The van der Waals surface area contributed by atoms with E-state index in [4.69, 9.17) is 5.73 Å². The Kier molecular flexibility index (Phi) is 4.28. The molecule has 0 unspecified atom stereocenters. The third-order valence-corrected chi connectivity index (χ3v) is 4.16. The molecule has 0 aromatic heterocycles. The predicted octanol–water partition coefficient (Wildman–Crippen LogP) is 0.660. The maximum Gasteiger partial charge on any atom is 0.223 e. The second-order valence-electron chi connectivity index (χ2n) is 4.04. The van der Waals surface area contributed by atoms with Crippen molar-refractivity contribution in [1.29, 1.82) is 0 Å². The number of anilines is 1. The highest BCUT2D eigenvalue weighted by Gasteiger charge is 2.20. The normalized spacial score (nSPS) is 11.3. The molecule has 100 valence electrons. The molecule has 0 atom stereocenters. The lowest BCUT2D eigenvalue weighted by Gasteiger charge is -2.11. The van der Waals surface area contributed by atoms with Gasteiger partial charge in [-0.25, -0.2) is 12.8 Å². The van der Waals surface area contributed by atoms with Crippen molar-refractivity contribution in [2.45, 2.75) is 11.3 Å². The van der Waals surface area contributed by atoms with Crippen LogP contribution in [0.4, 0.5) is 10.1 Å². The summed E-state index contributed by atoms with van der Waals surface area (Å²) in [6.07, 6.45) is -0.161. The van der Waals surface area contributed by atoms with Crippen LogP contribution in [0.5, 0.6) is 0 Å². The van der Waals surface area contributed by atoms with Gasteiger partial charge in [0.05, 0.1) is 16.3 Å². The van der Waals surface area contributed by atoms with Crippen LogP contribution in [0.15, 0.2) is 23.1 Å². The van der Waals surface area contributed by atoms with Gasteiger partial charge < -0.3 is 10.6 Å². The molecule has 2 N–H and O–H groups in total. The zero-order valence-electron chi connectivity index (χ0n) is 10.2. The Morgan fingerprint density at radius 3 is 2.56 bits per heavy atom. The highest BCUT2D eigenvalue weighted by Crippen LogP contribution is 2.21. The molecule has 0 aliphatic carbocycles. The molecule has 1 aromatic rings. The Labute approximate surface area is 105 Å². The van der Waals surface area contributed by atoms with Crippen LogP contribution in [0.1, 0.15) is 6.42 Å². The van der Waals surface area contributed by atoms with E-state index in [-0.39, 0.29) is 22.9 Å². The highest BCUT2D eigenvalue weighted by molar-refractivity contribution is 7.91. The van der Waals surface area contributed by atoms with Crippen molar-refractivity contribution in [3.05, 3.63) is 24.0 Å². The number of carbonyl (C=O) groups is 1. The number of carbonyl (C=O) groups excluding carboxylic acids is 1. The zero-order valence-corrected chi connectivity index (χ0v) is 11.0. The summed E-state index contributed by atoms with van der Waals surface area (Å²) in [5.74, 6) is -1.38. The first-order chi connectivity index (χ1) is 8.24. The molecule has 1 amide bonds. The molecular weight excluding hydrogens is 259 g/mol. The van der Waals surface area contributed by atoms with Crippen LogP contribution >= 0.6 is 0 Å². The molecule has 18 heavy (non-hydrogen) atoms. The Balaban J connectivity index is 2.93. The third kappa shape index (κ3) is 3.43. The minimum atomic E-state index is -3.75. The van der Waals surface area contributed by atoms with Gasteiger partial charge in [0.25, 0.3) is 0 Å². The van der Waals surface area contributed by atoms with Crippen LogP contribution in [0.2, 0.25) is 0 Å². The SMILES string of the molecule is CN(C)C(=O)CCS(=O)(=O)c1cc(F)ccc1N. The lowest BCUT2D eigenvalue weighted by molar-refractivity contribution is -0.128. The summed E-state index contributed by atoms with van der Waals surface area (Å²) in [7, 11) is -0.688. The summed E-state index contributed by atoms with van der Waals surface area (Å²) in [6.45, 7) is 0. The highest BCUT2D eigenvalue weighted by atomic mass is 32.2. The van der Waals surface area contributed by atoms with E-state index in [9.17, 15) is 17.6 Å². The molecule has 0 bridgehead atoms. The number of hydrogen-bond acceptors (Lipinski definition) is 4. The molecule has 7 heteroatoms. The molecule has 1 aromatic carbocycles. The number of rotatable bonds is 4. The van der Waals surface area contributed by atoms with E-state index in [2.05, 4.69) is 0 Å². The quantitative estimate of drug-likeness (QED) is 0.818.